The number of nitrogens with one attached hydrogen (secondary N) is 13. The number of aromatic amines is 1. The highest BCUT2D eigenvalue weighted by Crippen LogP contribution is 2.31. The topological polar surface area (TPSA) is 415 Å². The van der Waals surface area contributed by atoms with E-state index in [4.69, 9.17) is 28.0 Å². The zero-order chi connectivity index (χ0) is 57.1. The van der Waals surface area contributed by atoms with E-state index in [9.17, 15) is 38.4 Å². The minimum Gasteiger partial charge on any atom is -0.370 e. The molecule has 19 N–H and O–H groups in total. The molecule has 3 aromatic carbocycles. The van der Waals surface area contributed by atoms with Crippen LogP contribution in [-0.4, -0.2) is 131 Å². The summed E-state index contributed by atoms with van der Waals surface area (Å²) in [5, 5.41) is 43.2. The Morgan fingerprint density at radius 1 is 0.709 bits per heavy atom. The summed E-state index contributed by atoms with van der Waals surface area (Å²) in [7, 11) is 0. The molecule has 25 nitrogen and oxygen atoms in total. The van der Waals surface area contributed by atoms with Crippen molar-refractivity contribution in [2.24, 2.45) is 17.2 Å². The SMILES string of the molecule is CC(=O)N[C@@H](CCCNC(=N)N)C(=O)N[C@H]1CC(=O)NCCCCC(C(N)=O)NC(=O)[C@H](Cc2c[nH]c3ccccc23)NC(=O)[C@H](CCCNC(=N)N)NC(=O)[C@@H](Cc2ccccc2)NC(=O)C2(Cc3ccccc3C2)NC1=O. The van der Waals surface area contributed by atoms with Crippen LogP contribution in [0.3, 0.4) is 0 Å². The Balaban J connectivity index is 1.39. The molecule has 1 unspecified atom stereocenters. The van der Waals surface area contributed by atoms with Gasteiger partial charge in [0.2, 0.25) is 53.2 Å². The third kappa shape index (κ3) is 17.5. The summed E-state index contributed by atoms with van der Waals surface area (Å²) >= 11 is 0. The Kier molecular flexibility index (Phi) is 21.3. The van der Waals surface area contributed by atoms with Gasteiger partial charge in [0.25, 0.3) is 0 Å². The number of carbonyl (C=O) groups excluding carboxylic acids is 9. The second-order valence-corrected chi connectivity index (χ2v) is 19.9. The van der Waals surface area contributed by atoms with Crippen molar-refractivity contribution in [2.75, 3.05) is 19.6 Å². The van der Waals surface area contributed by atoms with E-state index in [0.717, 1.165) is 10.9 Å². The predicted octanol–water partition coefficient (Wildman–Crippen LogP) is -1.76. The fraction of sp³-hybridized carbons (Fsp3) is 0.426. The smallest absolute Gasteiger partial charge is 0.247 e. The van der Waals surface area contributed by atoms with Crippen LogP contribution in [0.1, 0.15) is 80.5 Å². The second kappa shape index (κ2) is 28.4. The summed E-state index contributed by atoms with van der Waals surface area (Å²) in [6.45, 7) is 1.53. The molecule has 6 rings (SSSR count). The Hall–Kier alpha value is -9.03. The Morgan fingerprint density at radius 3 is 1.99 bits per heavy atom. The van der Waals surface area contributed by atoms with E-state index in [1.165, 1.54) is 6.92 Å². The quantitative estimate of drug-likeness (QED) is 0.0336. The number of nitrogens with two attached hydrogens (primary N) is 3. The summed E-state index contributed by atoms with van der Waals surface area (Å²) in [4.78, 5) is 130. The normalized spacial score (nSPS) is 20.8. The van der Waals surface area contributed by atoms with Crippen LogP contribution in [0.25, 0.3) is 10.9 Å². The summed E-state index contributed by atoms with van der Waals surface area (Å²) in [5.41, 5.74) is 18.4. The first-order chi connectivity index (χ1) is 37.8. The van der Waals surface area contributed by atoms with Crippen molar-refractivity contribution in [3.05, 3.63) is 107 Å². The molecule has 6 atom stereocenters. The van der Waals surface area contributed by atoms with Gasteiger partial charge in [-0.25, -0.2) is 0 Å². The van der Waals surface area contributed by atoms with E-state index in [1.54, 1.807) is 60.8 Å². The summed E-state index contributed by atoms with van der Waals surface area (Å²) in [6.07, 6.45) is 1.68. The fourth-order valence-electron chi connectivity index (χ4n) is 9.71. The molecule has 0 bridgehead atoms. The molecule has 1 aromatic heterocycles. The number of aromatic nitrogens is 1. The van der Waals surface area contributed by atoms with E-state index >= 15 is 4.79 Å². The fourth-order valence-corrected chi connectivity index (χ4v) is 9.71. The number of H-pyrrole nitrogens is 1. The largest absolute Gasteiger partial charge is 0.370 e. The van der Waals surface area contributed by atoms with Crippen LogP contribution in [0.2, 0.25) is 0 Å². The number of rotatable bonds is 16. The van der Waals surface area contributed by atoms with Gasteiger partial charge in [0.15, 0.2) is 11.9 Å². The highest BCUT2D eigenvalue weighted by Gasteiger charge is 2.48. The first kappa shape index (κ1) is 59.2. The molecular weight excluding hydrogens is 1020 g/mol. The van der Waals surface area contributed by atoms with Gasteiger partial charge >= 0.3 is 0 Å². The Labute approximate surface area is 456 Å². The van der Waals surface area contributed by atoms with Gasteiger partial charge in [-0.1, -0.05) is 72.8 Å². The van der Waals surface area contributed by atoms with Crippen molar-refractivity contribution in [1.29, 1.82) is 10.8 Å². The molecule has 422 valence electrons. The maximum atomic E-state index is 15.3. The average Bonchev–Trinajstić information content (AvgIpc) is 4.18. The predicted molar refractivity (Wildman–Crippen MR) is 293 cm³/mol. The number of carbonyl (C=O) groups is 9. The van der Waals surface area contributed by atoms with Gasteiger partial charge in [0.05, 0.1) is 6.42 Å². The summed E-state index contributed by atoms with van der Waals surface area (Å²) in [5.74, 6) is -7.67. The van der Waals surface area contributed by atoms with Crippen LogP contribution >= 0.6 is 0 Å². The zero-order valence-electron chi connectivity index (χ0n) is 44.1. The lowest BCUT2D eigenvalue weighted by molar-refractivity contribution is -0.139. The maximum Gasteiger partial charge on any atom is 0.247 e. The molecular formula is C54H72N16O9. The molecule has 1 saturated heterocycles. The standard InChI is InChI=1S/C54H72N16O9/c1-31(71)64-39(20-11-23-61-52(56)57)46(74)68-43-27-44(72)60-22-10-9-19-38(45(55)73)65-49(77)42(26-35-30-63-37-18-8-7-17-36(35)37)67-47(75)40(21-12-24-62-53(58)59)66-48(76)41(25-32-13-3-2-4-14-32)69-51(79)54(70-50(43)78)28-33-15-5-6-16-34(33)29-54/h2-8,13-18,30,38-43,63H,9-12,19-29H2,1H3,(H2,55,73)(H,60,72)(H,64,71)(H,65,77)(H,66,76)(H,67,75)(H,68,74)(H,69,79)(H,70,78)(H4,56,57,61)(H4,58,59,62)/t38?,39-,40-,41+,42-,43-/m0/s1. The van der Waals surface area contributed by atoms with Crippen molar-refractivity contribution in [2.45, 2.75) is 126 Å². The van der Waals surface area contributed by atoms with Crippen LogP contribution < -0.4 is 70.4 Å². The van der Waals surface area contributed by atoms with E-state index in [2.05, 4.69) is 58.2 Å². The van der Waals surface area contributed by atoms with Crippen LogP contribution in [0.4, 0.5) is 0 Å². The minimum absolute atomic E-state index is 0.0201. The van der Waals surface area contributed by atoms with Crippen LogP contribution in [0.15, 0.2) is 85.1 Å². The van der Waals surface area contributed by atoms with Gasteiger partial charge in [0.1, 0.15) is 41.8 Å². The summed E-state index contributed by atoms with van der Waals surface area (Å²) < 4.78 is 0. The number of benzene rings is 3. The molecule has 79 heavy (non-hydrogen) atoms. The lowest BCUT2D eigenvalue weighted by Gasteiger charge is -2.33. The molecule has 1 aliphatic carbocycles. The van der Waals surface area contributed by atoms with Crippen LogP contribution in [0.5, 0.6) is 0 Å². The third-order valence-corrected chi connectivity index (χ3v) is 13.8. The average molecular weight is 1090 g/mol. The number of hydrogen-bond donors (Lipinski definition) is 16. The molecule has 25 heteroatoms. The number of primary amides is 1. The minimum atomic E-state index is -1.82. The maximum absolute atomic E-state index is 15.3. The molecule has 0 radical (unpaired) electrons. The van der Waals surface area contributed by atoms with Crippen LogP contribution in [0, 0.1) is 10.8 Å². The molecule has 2 aliphatic rings. The Bertz CT molecular complexity index is 2850. The van der Waals surface area contributed by atoms with E-state index in [1.807, 2.05) is 24.3 Å². The monoisotopic (exact) mass is 1090 g/mol. The van der Waals surface area contributed by atoms with E-state index in [0.29, 0.717) is 22.3 Å². The van der Waals surface area contributed by atoms with Gasteiger partial charge in [-0.2, -0.15) is 0 Å². The zero-order valence-corrected chi connectivity index (χ0v) is 44.1. The van der Waals surface area contributed by atoms with Gasteiger partial charge in [-0.05, 0) is 73.3 Å². The van der Waals surface area contributed by atoms with Crippen molar-refractivity contribution in [3.8, 4) is 0 Å². The van der Waals surface area contributed by atoms with Crippen molar-refractivity contribution < 1.29 is 43.2 Å². The number of guanidine groups is 2. The van der Waals surface area contributed by atoms with Gasteiger partial charge in [0, 0.05) is 69.3 Å². The van der Waals surface area contributed by atoms with E-state index < -0.39 is 101 Å². The number of para-hydroxylation sites is 1. The lowest BCUT2D eigenvalue weighted by atomic mass is 9.92. The number of amides is 9. The van der Waals surface area contributed by atoms with Gasteiger partial charge in [-0.3, -0.25) is 54.0 Å². The summed E-state index contributed by atoms with van der Waals surface area (Å²) in [6, 6.07) is 15.0. The molecule has 1 aliphatic heterocycles. The second-order valence-electron chi connectivity index (χ2n) is 19.9. The first-order valence-electron chi connectivity index (χ1n) is 26.3. The van der Waals surface area contributed by atoms with Crippen molar-refractivity contribution >= 4 is 76.0 Å². The van der Waals surface area contributed by atoms with Gasteiger partial charge in [-0.15, -0.1) is 0 Å². The van der Waals surface area contributed by atoms with Crippen LogP contribution in [-0.2, 0) is 68.8 Å². The van der Waals surface area contributed by atoms with Crippen molar-refractivity contribution in [1.82, 2.24) is 58.2 Å². The highest BCUT2D eigenvalue weighted by molar-refractivity contribution is 6.01. The third-order valence-electron chi connectivity index (χ3n) is 13.8. The highest BCUT2D eigenvalue weighted by atomic mass is 16.2. The molecule has 0 saturated carbocycles. The molecule has 9 amide bonds. The molecule has 4 aromatic rings. The molecule has 2 heterocycles. The van der Waals surface area contributed by atoms with Crippen molar-refractivity contribution in [3.63, 3.8) is 0 Å². The first-order valence-corrected chi connectivity index (χ1v) is 26.3. The molecule has 1 fully saturated rings. The number of fused-ring (bicyclic) bond motifs is 2. The van der Waals surface area contributed by atoms with E-state index in [-0.39, 0.29) is 102 Å². The van der Waals surface area contributed by atoms with Gasteiger partial charge < -0.3 is 75.4 Å². The number of hydrogen-bond acceptors (Lipinski definition) is 11. The lowest BCUT2D eigenvalue weighted by Crippen LogP contribution is -2.66. The molecule has 1 spiro atoms. The Morgan fingerprint density at radius 2 is 1.32 bits per heavy atom.